The van der Waals surface area contributed by atoms with Gasteiger partial charge in [-0.1, -0.05) is 0 Å². The molecule has 1 aromatic carbocycles. The third-order valence-corrected chi connectivity index (χ3v) is 2.47. The second-order valence-corrected chi connectivity index (χ2v) is 4.29. The highest BCUT2D eigenvalue weighted by Gasteiger charge is 2.26. The van der Waals surface area contributed by atoms with Gasteiger partial charge in [-0.15, -0.1) is 0 Å². The molecule has 0 saturated carbocycles. The standard InChI is InChI=1S/C11H13FN2O5/c1-11(5-15,6-16)13-10(17)7-2-8(12)4-9(3-7)14(18)19/h2-4,15-16H,5-6H2,1H3,(H,13,17). The fraction of sp³-hybridized carbons (Fsp3) is 0.364. The van der Waals surface area contributed by atoms with Crippen LogP contribution in [0.15, 0.2) is 18.2 Å². The van der Waals surface area contributed by atoms with Gasteiger partial charge in [-0.2, -0.15) is 0 Å². The number of aliphatic hydroxyl groups excluding tert-OH is 2. The van der Waals surface area contributed by atoms with E-state index in [2.05, 4.69) is 5.32 Å². The van der Waals surface area contributed by atoms with Gasteiger partial charge >= 0.3 is 0 Å². The monoisotopic (exact) mass is 272 g/mol. The third kappa shape index (κ3) is 3.70. The predicted molar refractivity (Wildman–Crippen MR) is 63.1 cm³/mol. The van der Waals surface area contributed by atoms with Gasteiger partial charge in [0.05, 0.1) is 29.7 Å². The Bertz CT molecular complexity index is 502. The van der Waals surface area contributed by atoms with E-state index in [1.807, 2.05) is 0 Å². The van der Waals surface area contributed by atoms with Crippen LogP contribution < -0.4 is 5.32 Å². The van der Waals surface area contributed by atoms with Crippen molar-refractivity contribution in [3.63, 3.8) is 0 Å². The summed E-state index contributed by atoms with van der Waals surface area (Å²) >= 11 is 0. The van der Waals surface area contributed by atoms with Gasteiger partial charge in [-0.3, -0.25) is 14.9 Å². The highest BCUT2D eigenvalue weighted by Crippen LogP contribution is 2.17. The van der Waals surface area contributed by atoms with Gasteiger partial charge in [0.15, 0.2) is 0 Å². The minimum Gasteiger partial charge on any atom is -0.394 e. The fourth-order valence-electron chi connectivity index (χ4n) is 1.29. The highest BCUT2D eigenvalue weighted by atomic mass is 19.1. The summed E-state index contributed by atoms with van der Waals surface area (Å²) < 4.78 is 13.2. The first-order valence-corrected chi connectivity index (χ1v) is 5.30. The lowest BCUT2D eigenvalue weighted by Gasteiger charge is -2.26. The summed E-state index contributed by atoms with van der Waals surface area (Å²) in [4.78, 5) is 21.5. The van der Waals surface area contributed by atoms with E-state index < -0.39 is 41.1 Å². The number of hydrogen-bond acceptors (Lipinski definition) is 5. The molecule has 7 nitrogen and oxygen atoms in total. The Kier molecular flexibility index (Phi) is 4.52. The molecule has 0 unspecified atom stereocenters. The Labute approximate surface area is 107 Å². The second-order valence-electron chi connectivity index (χ2n) is 4.29. The topological polar surface area (TPSA) is 113 Å². The first-order chi connectivity index (χ1) is 8.81. The van der Waals surface area contributed by atoms with E-state index in [9.17, 15) is 19.3 Å². The Morgan fingerprint density at radius 2 is 2.00 bits per heavy atom. The van der Waals surface area contributed by atoms with Crippen LogP contribution in [0.3, 0.4) is 0 Å². The van der Waals surface area contributed by atoms with Crippen molar-refractivity contribution >= 4 is 11.6 Å². The van der Waals surface area contributed by atoms with Crippen molar-refractivity contribution in [2.75, 3.05) is 13.2 Å². The molecule has 104 valence electrons. The summed E-state index contributed by atoms with van der Waals surface area (Å²) in [6.45, 7) is 0.303. The molecule has 0 bridgehead atoms. The molecular formula is C11H13FN2O5. The number of hydrogen-bond donors (Lipinski definition) is 3. The van der Waals surface area contributed by atoms with Crippen LogP contribution >= 0.6 is 0 Å². The Balaban J connectivity index is 3.03. The maximum Gasteiger partial charge on any atom is 0.273 e. The number of nitrogens with one attached hydrogen (secondary N) is 1. The molecule has 0 aromatic heterocycles. The maximum absolute atomic E-state index is 13.2. The van der Waals surface area contributed by atoms with Crippen LogP contribution in [0.2, 0.25) is 0 Å². The summed E-state index contributed by atoms with van der Waals surface area (Å²) in [7, 11) is 0. The van der Waals surface area contributed by atoms with Gasteiger partial charge in [0.1, 0.15) is 5.82 Å². The molecule has 0 atom stereocenters. The lowest BCUT2D eigenvalue weighted by Crippen LogP contribution is -2.51. The molecule has 0 aliphatic heterocycles. The van der Waals surface area contributed by atoms with Crippen LogP contribution in [0, 0.1) is 15.9 Å². The number of nitrogens with zero attached hydrogens (tertiary/aromatic N) is 1. The average Bonchev–Trinajstić information content (AvgIpc) is 2.37. The van der Waals surface area contributed by atoms with Gasteiger partial charge in [-0.05, 0) is 13.0 Å². The average molecular weight is 272 g/mol. The molecule has 0 spiro atoms. The van der Waals surface area contributed by atoms with E-state index in [0.717, 1.165) is 12.1 Å². The molecule has 0 fully saturated rings. The van der Waals surface area contributed by atoms with Crippen LogP contribution in [0.25, 0.3) is 0 Å². The SMILES string of the molecule is CC(CO)(CO)NC(=O)c1cc(F)cc([N+](=O)[O-])c1. The third-order valence-electron chi connectivity index (χ3n) is 2.47. The molecule has 1 amide bonds. The summed E-state index contributed by atoms with van der Waals surface area (Å²) in [5.74, 6) is -1.75. The van der Waals surface area contributed by atoms with E-state index in [4.69, 9.17) is 10.2 Å². The zero-order valence-electron chi connectivity index (χ0n) is 10.1. The molecule has 8 heteroatoms. The van der Waals surface area contributed by atoms with Crippen LogP contribution in [0.1, 0.15) is 17.3 Å². The summed E-state index contributed by atoms with van der Waals surface area (Å²) in [6.07, 6.45) is 0. The molecule has 19 heavy (non-hydrogen) atoms. The Hall–Kier alpha value is -2.06. The quantitative estimate of drug-likeness (QED) is 0.523. The van der Waals surface area contributed by atoms with Crippen molar-refractivity contribution in [1.82, 2.24) is 5.32 Å². The van der Waals surface area contributed by atoms with Crippen LogP contribution in [0.4, 0.5) is 10.1 Å². The molecule has 0 aliphatic rings. The van der Waals surface area contributed by atoms with Gasteiger partial charge in [0.25, 0.3) is 11.6 Å². The first kappa shape index (κ1) is 15.0. The van der Waals surface area contributed by atoms with Crippen molar-refractivity contribution in [1.29, 1.82) is 0 Å². The van der Waals surface area contributed by atoms with E-state index >= 15 is 0 Å². The smallest absolute Gasteiger partial charge is 0.273 e. The van der Waals surface area contributed by atoms with Gasteiger partial charge in [-0.25, -0.2) is 4.39 Å². The number of carbonyl (C=O) groups is 1. The number of carbonyl (C=O) groups excluding carboxylic acids is 1. The number of halogens is 1. The van der Waals surface area contributed by atoms with E-state index in [0.29, 0.717) is 6.07 Å². The number of nitro groups is 1. The number of benzene rings is 1. The van der Waals surface area contributed by atoms with Crippen molar-refractivity contribution < 1.29 is 24.3 Å². The largest absolute Gasteiger partial charge is 0.394 e. The van der Waals surface area contributed by atoms with Crippen LogP contribution in [-0.2, 0) is 0 Å². The zero-order valence-corrected chi connectivity index (χ0v) is 10.1. The predicted octanol–water partition coefficient (Wildman–Crippen LogP) is 0.207. The normalized spacial score (nSPS) is 11.2. The van der Waals surface area contributed by atoms with E-state index in [-0.39, 0.29) is 5.56 Å². The molecule has 0 heterocycles. The first-order valence-electron chi connectivity index (χ1n) is 5.30. The van der Waals surface area contributed by atoms with Crippen LogP contribution in [-0.4, -0.2) is 39.8 Å². The van der Waals surface area contributed by atoms with Crippen molar-refractivity contribution in [3.05, 3.63) is 39.7 Å². The number of nitro benzene ring substituents is 1. The fourth-order valence-corrected chi connectivity index (χ4v) is 1.29. The van der Waals surface area contributed by atoms with Gasteiger partial charge in [0, 0.05) is 11.6 Å². The Morgan fingerprint density at radius 3 is 2.47 bits per heavy atom. The Morgan fingerprint density at radius 1 is 1.42 bits per heavy atom. The molecule has 0 radical (unpaired) electrons. The molecule has 0 aliphatic carbocycles. The molecule has 0 saturated heterocycles. The minimum atomic E-state index is -1.29. The lowest BCUT2D eigenvalue weighted by molar-refractivity contribution is -0.385. The van der Waals surface area contributed by atoms with Crippen molar-refractivity contribution in [2.24, 2.45) is 0 Å². The highest BCUT2D eigenvalue weighted by molar-refractivity contribution is 5.95. The summed E-state index contributed by atoms with van der Waals surface area (Å²) in [6, 6.07) is 2.43. The summed E-state index contributed by atoms with van der Waals surface area (Å²) in [5.41, 5.74) is -2.11. The molecule has 3 N–H and O–H groups in total. The minimum absolute atomic E-state index is 0.264. The lowest BCUT2D eigenvalue weighted by atomic mass is 10.0. The van der Waals surface area contributed by atoms with Crippen molar-refractivity contribution in [3.8, 4) is 0 Å². The number of amides is 1. The maximum atomic E-state index is 13.2. The van der Waals surface area contributed by atoms with Gasteiger partial charge < -0.3 is 15.5 Å². The molecule has 1 rings (SSSR count). The molecule has 1 aromatic rings. The van der Waals surface area contributed by atoms with E-state index in [1.165, 1.54) is 6.92 Å². The van der Waals surface area contributed by atoms with Gasteiger partial charge in [0.2, 0.25) is 0 Å². The zero-order chi connectivity index (χ0) is 14.6. The number of non-ortho nitro benzene ring substituents is 1. The number of aliphatic hydroxyl groups is 2. The second kappa shape index (κ2) is 5.72. The van der Waals surface area contributed by atoms with Crippen LogP contribution in [0.5, 0.6) is 0 Å². The van der Waals surface area contributed by atoms with E-state index in [1.54, 1.807) is 0 Å². The number of rotatable bonds is 5. The molecular weight excluding hydrogens is 259 g/mol. The summed E-state index contributed by atoms with van der Waals surface area (Å²) in [5, 5.41) is 30.9. The van der Waals surface area contributed by atoms with Crippen molar-refractivity contribution in [2.45, 2.75) is 12.5 Å².